The highest BCUT2D eigenvalue weighted by Gasteiger charge is 2.10. The van der Waals surface area contributed by atoms with Crippen LogP contribution in [0.15, 0.2) is 47.2 Å². The second-order valence-electron chi connectivity index (χ2n) is 4.57. The van der Waals surface area contributed by atoms with E-state index in [0.29, 0.717) is 0 Å². The van der Waals surface area contributed by atoms with E-state index in [4.69, 9.17) is 10.5 Å². The Bertz CT molecular complexity index is 626. The van der Waals surface area contributed by atoms with Crippen LogP contribution in [0.5, 0.6) is 0 Å². The minimum atomic E-state index is 0.240. The first kappa shape index (κ1) is 12.9. The zero-order chi connectivity index (χ0) is 13.7. The van der Waals surface area contributed by atoms with Crippen LogP contribution in [0.25, 0.3) is 6.08 Å². The van der Waals surface area contributed by atoms with Crippen LogP contribution in [-0.2, 0) is 7.05 Å². The zero-order valence-electron chi connectivity index (χ0n) is 10.9. The summed E-state index contributed by atoms with van der Waals surface area (Å²) in [7, 11) is 2.00. The molecule has 0 unspecified atom stereocenters. The molecule has 1 aromatic rings. The maximum absolute atomic E-state index is 8.90. The molecule has 0 bridgehead atoms. The summed E-state index contributed by atoms with van der Waals surface area (Å²) in [6.07, 6.45) is 10.9. The fourth-order valence-electron chi connectivity index (χ4n) is 2.19. The smallest absolute Gasteiger partial charge is 0.132 e. The Hall–Kier alpha value is -2.52. The number of allylic oxidation sites excluding steroid dienone is 5. The molecular weight excluding hydrogens is 234 g/mol. The Kier molecular flexibility index (Phi) is 4.00. The van der Waals surface area contributed by atoms with Crippen molar-refractivity contribution in [1.82, 2.24) is 4.57 Å². The lowest BCUT2D eigenvalue weighted by Gasteiger charge is -2.12. The van der Waals surface area contributed by atoms with E-state index in [0.717, 1.165) is 30.5 Å². The lowest BCUT2D eigenvalue weighted by Crippen LogP contribution is -1.96. The second-order valence-corrected chi connectivity index (χ2v) is 4.57. The summed E-state index contributed by atoms with van der Waals surface area (Å²) in [6, 6.07) is 7.98. The van der Waals surface area contributed by atoms with E-state index in [1.165, 1.54) is 5.57 Å². The second kappa shape index (κ2) is 5.89. The first-order valence-corrected chi connectivity index (χ1v) is 6.28. The molecular formula is C16H15N3. The van der Waals surface area contributed by atoms with E-state index < -0.39 is 0 Å². The van der Waals surface area contributed by atoms with Gasteiger partial charge in [0.15, 0.2) is 0 Å². The van der Waals surface area contributed by atoms with Gasteiger partial charge >= 0.3 is 0 Å². The first-order chi connectivity index (χ1) is 9.24. The number of nitrogens with zero attached hydrogens (tertiary/aromatic N) is 3. The van der Waals surface area contributed by atoms with Crippen molar-refractivity contribution < 1.29 is 0 Å². The Balaban J connectivity index is 2.25. The number of rotatable bonds is 2. The van der Waals surface area contributed by atoms with Gasteiger partial charge in [-0.15, -0.1) is 0 Å². The molecule has 0 saturated heterocycles. The van der Waals surface area contributed by atoms with Crippen LogP contribution >= 0.6 is 0 Å². The van der Waals surface area contributed by atoms with Gasteiger partial charge in [0.25, 0.3) is 0 Å². The summed E-state index contributed by atoms with van der Waals surface area (Å²) in [6.45, 7) is 0. The number of hydrogen-bond donors (Lipinski definition) is 0. The standard InChI is InChI=1S/C16H15N3/c1-19-9-3-6-16(19)8-7-13-4-2-5-14(10-13)15(11-17)12-18/h3,6-10H,2,4-5H2,1H3/b8-7+. The fourth-order valence-corrected chi connectivity index (χ4v) is 2.19. The molecule has 94 valence electrons. The van der Waals surface area contributed by atoms with Crippen molar-refractivity contribution in [2.45, 2.75) is 19.3 Å². The molecule has 3 nitrogen and oxygen atoms in total. The van der Waals surface area contributed by atoms with Crippen LogP contribution in [-0.4, -0.2) is 4.57 Å². The van der Waals surface area contributed by atoms with Crippen molar-refractivity contribution in [3.05, 3.63) is 52.9 Å². The summed E-state index contributed by atoms with van der Waals surface area (Å²) >= 11 is 0. The van der Waals surface area contributed by atoms with Gasteiger partial charge in [-0.3, -0.25) is 0 Å². The van der Waals surface area contributed by atoms with Crippen molar-refractivity contribution in [3.8, 4) is 12.1 Å². The average molecular weight is 249 g/mol. The zero-order valence-corrected chi connectivity index (χ0v) is 10.9. The summed E-state index contributed by atoms with van der Waals surface area (Å²) in [5, 5.41) is 17.8. The minimum Gasteiger partial charge on any atom is -0.351 e. The Morgan fingerprint density at radius 3 is 2.68 bits per heavy atom. The molecule has 0 radical (unpaired) electrons. The predicted octanol–water partition coefficient (Wildman–Crippen LogP) is 3.49. The lowest BCUT2D eigenvalue weighted by molar-refractivity contribution is 0.795. The van der Waals surface area contributed by atoms with Gasteiger partial charge in [-0.1, -0.05) is 12.2 Å². The van der Waals surface area contributed by atoms with Gasteiger partial charge in [0, 0.05) is 18.9 Å². The highest BCUT2D eigenvalue weighted by Crippen LogP contribution is 2.25. The van der Waals surface area contributed by atoms with Crippen LogP contribution in [0.3, 0.4) is 0 Å². The fraction of sp³-hybridized carbons (Fsp3) is 0.250. The van der Waals surface area contributed by atoms with E-state index in [1.54, 1.807) is 0 Å². The summed E-state index contributed by atoms with van der Waals surface area (Å²) in [4.78, 5) is 0. The third-order valence-electron chi connectivity index (χ3n) is 3.27. The molecule has 0 N–H and O–H groups in total. The van der Waals surface area contributed by atoms with Crippen LogP contribution in [0.1, 0.15) is 25.0 Å². The van der Waals surface area contributed by atoms with Crippen molar-refractivity contribution in [2.75, 3.05) is 0 Å². The molecule has 1 aromatic heterocycles. The molecule has 0 aliphatic heterocycles. The molecule has 0 saturated carbocycles. The van der Waals surface area contributed by atoms with E-state index in [2.05, 4.69) is 12.2 Å². The monoisotopic (exact) mass is 249 g/mol. The van der Waals surface area contributed by atoms with Gasteiger partial charge in [-0.05, 0) is 48.6 Å². The number of nitriles is 2. The Labute approximate surface area is 113 Å². The topological polar surface area (TPSA) is 52.5 Å². The number of aryl methyl sites for hydroxylation is 1. The Morgan fingerprint density at radius 2 is 2.05 bits per heavy atom. The molecule has 1 aliphatic rings. The molecule has 1 aliphatic carbocycles. The molecule has 1 heterocycles. The van der Waals surface area contributed by atoms with E-state index in [1.807, 2.05) is 48.2 Å². The van der Waals surface area contributed by atoms with Gasteiger partial charge in [-0.25, -0.2) is 0 Å². The Morgan fingerprint density at radius 1 is 1.26 bits per heavy atom. The quantitative estimate of drug-likeness (QED) is 0.753. The maximum Gasteiger partial charge on any atom is 0.132 e. The number of aromatic nitrogens is 1. The SMILES string of the molecule is Cn1cccc1/C=C/C1=CC(=C(C#N)C#N)CCC1. The summed E-state index contributed by atoms with van der Waals surface area (Å²) < 4.78 is 2.05. The highest BCUT2D eigenvalue weighted by atomic mass is 14.9. The lowest BCUT2D eigenvalue weighted by atomic mass is 9.92. The molecule has 19 heavy (non-hydrogen) atoms. The minimum absolute atomic E-state index is 0.240. The van der Waals surface area contributed by atoms with Gasteiger partial charge in [0.05, 0.1) is 0 Å². The number of hydrogen-bond acceptors (Lipinski definition) is 2. The van der Waals surface area contributed by atoms with Crippen molar-refractivity contribution in [2.24, 2.45) is 7.05 Å². The van der Waals surface area contributed by atoms with Crippen LogP contribution in [0.2, 0.25) is 0 Å². The molecule has 0 aromatic carbocycles. The van der Waals surface area contributed by atoms with Gasteiger partial charge in [0.1, 0.15) is 17.7 Å². The van der Waals surface area contributed by atoms with Crippen molar-refractivity contribution in [1.29, 1.82) is 10.5 Å². The average Bonchev–Trinajstić information content (AvgIpc) is 2.84. The third-order valence-corrected chi connectivity index (χ3v) is 3.27. The van der Waals surface area contributed by atoms with Crippen LogP contribution < -0.4 is 0 Å². The summed E-state index contributed by atoms with van der Waals surface area (Å²) in [5.41, 5.74) is 3.41. The molecule has 0 atom stereocenters. The van der Waals surface area contributed by atoms with Crippen LogP contribution in [0.4, 0.5) is 0 Å². The van der Waals surface area contributed by atoms with Crippen molar-refractivity contribution >= 4 is 6.08 Å². The van der Waals surface area contributed by atoms with Crippen molar-refractivity contribution in [3.63, 3.8) is 0 Å². The third kappa shape index (κ3) is 3.03. The molecule has 3 heteroatoms. The predicted molar refractivity (Wildman–Crippen MR) is 74.6 cm³/mol. The normalized spacial score (nSPS) is 14.9. The summed E-state index contributed by atoms with van der Waals surface area (Å²) in [5.74, 6) is 0. The van der Waals surface area contributed by atoms with E-state index in [-0.39, 0.29) is 5.57 Å². The van der Waals surface area contributed by atoms with Gasteiger partial charge in [-0.2, -0.15) is 10.5 Å². The molecule has 0 spiro atoms. The van der Waals surface area contributed by atoms with E-state index in [9.17, 15) is 0 Å². The highest BCUT2D eigenvalue weighted by molar-refractivity contribution is 5.53. The van der Waals surface area contributed by atoms with Gasteiger partial charge in [0.2, 0.25) is 0 Å². The van der Waals surface area contributed by atoms with E-state index >= 15 is 0 Å². The van der Waals surface area contributed by atoms with Gasteiger partial charge < -0.3 is 4.57 Å². The molecule has 0 fully saturated rings. The maximum atomic E-state index is 8.90. The molecule has 0 amide bonds. The first-order valence-electron chi connectivity index (χ1n) is 6.28. The largest absolute Gasteiger partial charge is 0.351 e. The van der Waals surface area contributed by atoms with Crippen LogP contribution in [0, 0.1) is 22.7 Å². The molecule has 2 rings (SSSR count).